The Kier molecular flexibility index (Phi) is 4.50. The zero-order valence-corrected chi connectivity index (χ0v) is 14.1. The molecule has 0 spiro atoms. The second-order valence-electron chi connectivity index (χ2n) is 7.70. The molecular weight excluding hydrogens is 276 g/mol. The highest BCUT2D eigenvalue weighted by atomic mass is 14.4. The first-order valence-corrected chi connectivity index (χ1v) is 9.51. The van der Waals surface area contributed by atoms with E-state index < -0.39 is 0 Å². The summed E-state index contributed by atoms with van der Waals surface area (Å²) in [6.45, 7) is 0. The second kappa shape index (κ2) is 6.91. The van der Waals surface area contributed by atoms with Crippen LogP contribution in [-0.4, -0.2) is 0 Å². The van der Waals surface area contributed by atoms with Crippen LogP contribution in [0.3, 0.4) is 0 Å². The standard InChI is InChI=1S/C23H28/c1-2-6-18(7-3-1)10-11-19-12-14-20(15-13-19)23-16-21-8-4-5-9-22(21)17-23/h1-3,6-7,12-15,21-23H,4-5,8-11,16-17H2. The number of hydrogen-bond donors (Lipinski definition) is 0. The van der Waals surface area contributed by atoms with Crippen LogP contribution in [0.1, 0.15) is 61.1 Å². The van der Waals surface area contributed by atoms with Gasteiger partial charge >= 0.3 is 0 Å². The van der Waals surface area contributed by atoms with Crippen molar-refractivity contribution in [3.05, 3.63) is 71.3 Å². The van der Waals surface area contributed by atoms with Gasteiger partial charge in [0.25, 0.3) is 0 Å². The van der Waals surface area contributed by atoms with E-state index in [9.17, 15) is 0 Å². The Morgan fingerprint density at radius 3 is 1.83 bits per heavy atom. The van der Waals surface area contributed by atoms with E-state index in [1.165, 1.54) is 49.7 Å². The second-order valence-corrected chi connectivity index (χ2v) is 7.70. The summed E-state index contributed by atoms with van der Waals surface area (Å²) in [4.78, 5) is 0. The first-order valence-electron chi connectivity index (χ1n) is 9.51. The van der Waals surface area contributed by atoms with Crippen LogP contribution in [0, 0.1) is 11.8 Å². The molecule has 2 aliphatic carbocycles. The van der Waals surface area contributed by atoms with Crippen LogP contribution in [-0.2, 0) is 12.8 Å². The predicted molar refractivity (Wildman–Crippen MR) is 97.7 cm³/mol. The predicted octanol–water partition coefficient (Wildman–Crippen LogP) is 6.16. The summed E-state index contributed by atoms with van der Waals surface area (Å²) in [5.41, 5.74) is 4.52. The Bertz CT molecular complexity index is 596. The maximum absolute atomic E-state index is 2.42. The number of fused-ring (bicyclic) bond motifs is 1. The topological polar surface area (TPSA) is 0 Å². The molecule has 2 aromatic carbocycles. The van der Waals surface area contributed by atoms with Gasteiger partial charge in [-0.25, -0.2) is 0 Å². The smallest absolute Gasteiger partial charge is 0.0156 e. The van der Waals surface area contributed by atoms with Crippen molar-refractivity contribution in [2.24, 2.45) is 11.8 Å². The van der Waals surface area contributed by atoms with Crippen molar-refractivity contribution >= 4 is 0 Å². The van der Waals surface area contributed by atoms with Crippen LogP contribution in [0.15, 0.2) is 54.6 Å². The van der Waals surface area contributed by atoms with Crippen LogP contribution >= 0.6 is 0 Å². The Balaban J connectivity index is 1.36. The minimum absolute atomic E-state index is 0.839. The molecule has 0 heterocycles. The van der Waals surface area contributed by atoms with E-state index in [2.05, 4.69) is 54.6 Å². The fraction of sp³-hybridized carbons (Fsp3) is 0.478. The zero-order chi connectivity index (χ0) is 15.5. The summed E-state index contributed by atoms with van der Waals surface area (Å²) < 4.78 is 0. The van der Waals surface area contributed by atoms with Crippen LogP contribution in [0.2, 0.25) is 0 Å². The molecule has 0 nitrogen and oxygen atoms in total. The summed E-state index contributed by atoms with van der Waals surface area (Å²) in [7, 11) is 0. The third-order valence-corrected chi connectivity index (χ3v) is 6.24. The molecular formula is C23H28. The Hall–Kier alpha value is -1.56. The molecule has 2 aromatic rings. The van der Waals surface area contributed by atoms with Gasteiger partial charge in [0.1, 0.15) is 0 Å². The molecule has 0 heteroatoms. The molecule has 0 aliphatic heterocycles. The largest absolute Gasteiger partial charge is 0.0622 e. The molecule has 2 saturated carbocycles. The van der Waals surface area contributed by atoms with Gasteiger partial charge in [-0.3, -0.25) is 0 Å². The molecule has 2 atom stereocenters. The molecule has 2 unspecified atom stereocenters. The van der Waals surface area contributed by atoms with E-state index in [-0.39, 0.29) is 0 Å². The van der Waals surface area contributed by atoms with Crippen LogP contribution in [0.5, 0.6) is 0 Å². The maximum atomic E-state index is 2.42. The van der Waals surface area contributed by atoms with Crippen LogP contribution in [0.4, 0.5) is 0 Å². The molecule has 2 fully saturated rings. The van der Waals surface area contributed by atoms with Gasteiger partial charge in [0.05, 0.1) is 0 Å². The Morgan fingerprint density at radius 2 is 1.22 bits per heavy atom. The van der Waals surface area contributed by atoms with Crippen molar-refractivity contribution in [3.63, 3.8) is 0 Å². The minimum Gasteiger partial charge on any atom is -0.0622 e. The lowest BCUT2D eigenvalue weighted by atomic mass is 9.82. The summed E-state index contributed by atoms with van der Waals surface area (Å²) >= 11 is 0. The lowest BCUT2D eigenvalue weighted by molar-refractivity contribution is 0.277. The van der Waals surface area contributed by atoms with Crippen molar-refractivity contribution < 1.29 is 0 Å². The van der Waals surface area contributed by atoms with Gasteiger partial charge in [-0.1, -0.05) is 80.3 Å². The molecule has 2 aliphatic rings. The summed E-state index contributed by atoms with van der Waals surface area (Å²) in [6.07, 6.45) is 11.2. The SMILES string of the molecule is c1ccc(CCc2ccc(C3CC4CCCCC4C3)cc2)cc1. The molecule has 23 heavy (non-hydrogen) atoms. The quantitative estimate of drug-likeness (QED) is 0.635. The normalized spacial score (nSPS) is 26.9. The number of hydrogen-bond acceptors (Lipinski definition) is 0. The highest BCUT2D eigenvalue weighted by Crippen LogP contribution is 2.48. The van der Waals surface area contributed by atoms with Gasteiger partial charge in [-0.2, -0.15) is 0 Å². The van der Waals surface area contributed by atoms with E-state index in [0.717, 1.165) is 30.6 Å². The molecule has 0 amide bonds. The van der Waals surface area contributed by atoms with Gasteiger partial charge in [0.15, 0.2) is 0 Å². The summed E-state index contributed by atoms with van der Waals surface area (Å²) in [5.74, 6) is 2.91. The van der Waals surface area contributed by atoms with Gasteiger partial charge < -0.3 is 0 Å². The highest BCUT2D eigenvalue weighted by molar-refractivity contribution is 5.27. The molecule has 0 aromatic heterocycles. The number of benzene rings is 2. The van der Waals surface area contributed by atoms with Crippen molar-refractivity contribution in [2.45, 2.75) is 57.3 Å². The van der Waals surface area contributed by atoms with Gasteiger partial charge in [-0.05, 0) is 60.1 Å². The molecule has 0 radical (unpaired) electrons. The number of aryl methyl sites for hydroxylation is 2. The van der Waals surface area contributed by atoms with Crippen molar-refractivity contribution in [3.8, 4) is 0 Å². The average Bonchev–Trinajstić information content (AvgIpc) is 3.05. The average molecular weight is 304 g/mol. The fourth-order valence-corrected chi connectivity index (χ4v) is 4.89. The zero-order valence-electron chi connectivity index (χ0n) is 14.1. The first-order chi connectivity index (χ1) is 11.4. The number of rotatable bonds is 4. The molecule has 4 rings (SSSR count). The van der Waals surface area contributed by atoms with Gasteiger partial charge in [-0.15, -0.1) is 0 Å². The molecule has 0 N–H and O–H groups in total. The summed E-state index contributed by atoms with van der Waals surface area (Å²) in [6, 6.07) is 20.4. The van der Waals surface area contributed by atoms with E-state index >= 15 is 0 Å². The minimum atomic E-state index is 0.839. The lowest BCUT2D eigenvalue weighted by Crippen LogP contribution is -2.12. The lowest BCUT2D eigenvalue weighted by Gasteiger charge is -2.24. The van der Waals surface area contributed by atoms with E-state index in [1.54, 1.807) is 5.56 Å². The van der Waals surface area contributed by atoms with E-state index in [0.29, 0.717) is 0 Å². The Labute approximate surface area is 140 Å². The van der Waals surface area contributed by atoms with E-state index in [4.69, 9.17) is 0 Å². The van der Waals surface area contributed by atoms with Gasteiger partial charge in [0, 0.05) is 0 Å². The van der Waals surface area contributed by atoms with Crippen molar-refractivity contribution in [1.82, 2.24) is 0 Å². The van der Waals surface area contributed by atoms with E-state index in [1.807, 2.05) is 0 Å². The maximum Gasteiger partial charge on any atom is -0.0156 e. The van der Waals surface area contributed by atoms with Gasteiger partial charge in [0.2, 0.25) is 0 Å². The van der Waals surface area contributed by atoms with Crippen LogP contribution < -0.4 is 0 Å². The molecule has 0 bridgehead atoms. The third-order valence-electron chi connectivity index (χ3n) is 6.24. The Morgan fingerprint density at radius 1 is 0.652 bits per heavy atom. The fourth-order valence-electron chi connectivity index (χ4n) is 4.89. The third kappa shape index (κ3) is 3.52. The van der Waals surface area contributed by atoms with Crippen molar-refractivity contribution in [2.75, 3.05) is 0 Å². The molecule has 120 valence electrons. The first kappa shape index (κ1) is 15.0. The summed E-state index contributed by atoms with van der Waals surface area (Å²) in [5, 5.41) is 0. The highest BCUT2D eigenvalue weighted by Gasteiger charge is 2.35. The van der Waals surface area contributed by atoms with Crippen molar-refractivity contribution in [1.29, 1.82) is 0 Å². The van der Waals surface area contributed by atoms with Crippen LogP contribution in [0.25, 0.3) is 0 Å². The monoisotopic (exact) mass is 304 g/mol. The molecule has 0 saturated heterocycles.